The number of carbonyl (C=O) groups excluding carboxylic acids is 3. The molecule has 0 saturated carbocycles. The van der Waals surface area contributed by atoms with Gasteiger partial charge in [0.05, 0.1) is 25.4 Å². The van der Waals surface area contributed by atoms with Crippen molar-refractivity contribution < 1.29 is 27.9 Å². The lowest BCUT2D eigenvalue weighted by Gasteiger charge is -2.20. The van der Waals surface area contributed by atoms with Gasteiger partial charge in [0.1, 0.15) is 11.6 Å². The summed E-state index contributed by atoms with van der Waals surface area (Å²) in [5.41, 5.74) is 0.977. The first-order chi connectivity index (χ1) is 19.7. The summed E-state index contributed by atoms with van der Waals surface area (Å²) in [4.78, 5) is 56.0. The number of nitrogens with zero attached hydrogens (tertiary/aromatic N) is 3. The van der Waals surface area contributed by atoms with Crippen LogP contribution in [0.5, 0.6) is 0 Å². The fraction of sp³-hybridized carbons (Fsp3) is 0.452. The Morgan fingerprint density at radius 1 is 1.21 bits per heavy atom. The molecule has 42 heavy (non-hydrogen) atoms. The number of allylic oxidation sites excluding steroid dienone is 1. The summed E-state index contributed by atoms with van der Waals surface area (Å²) in [6.45, 7) is 5.92. The molecule has 226 valence electrons. The Labute approximate surface area is 244 Å². The zero-order chi connectivity index (χ0) is 31.2. The minimum atomic E-state index is -0.947. The summed E-state index contributed by atoms with van der Waals surface area (Å²) in [6, 6.07) is 3.10. The van der Waals surface area contributed by atoms with Crippen molar-refractivity contribution in [3.63, 3.8) is 0 Å². The summed E-state index contributed by atoms with van der Waals surface area (Å²) in [5.74, 6) is -1.93. The van der Waals surface area contributed by atoms with Gasteiger partial charge < -0.3 is 19.5 Å². The molecule has 9 nitrogen and oxygen atoms in total. The van der Waals surface area contributed by atoms with Crippen LogP contribution in [0.25, 0.3) is 0 Å². The van der Waals surface area contributed by atoms with Crippen molar-refractivity contribution >= 4 is 29.2 Å². The number of Topliss-reactive ketones (excluding diaryl/α,β-unsaturated/α-hetero) is 1. The van der Waals surface area contributed by atoms with E-state index < -0.39 is 35.1 Å². The van der Waals surface area contributed by atoms with Crippen LogP contribution in [0.15, 0.2) is 46.3 Å². The van der Waals surface area contributed by atoms with Crippen LogP contribution in [-0.4, -0.2) is 60.2 Å². The maximum absolute atomic E-state index is 14.7. The van der Waals surface area contributed by atoms with Crippen LogP contribution in [-0.2, 0) is 40.1 Å². The first-order valence-electron chi connectivity index (χ1n) is 13.7. The summed E-state index contributed by atoms with van der Waals surface area (Å²) < 4.78 is 35.4. The van der Waals surface area contributed by atoms with E-state index >= 15 is 0 Å². The highest BCUT2D eigenvalue weighted by Crippen LogP contribution is 2.38. The van der Waals surface area contributed by atoms with Gasteiger partial charge >= 0.3 is 6.09 Å². The number of carbonyl (C=O) groups is 3. The van der Waals surface area contributed by atoms with E-state index in [0.29, 0.717) is 29.7 Å². The van der Waals surface area contributed by atoms with Crippen LogP contribution >= 0.6 is 0 Å². The van der Waals surface area contributed by atoms with E-state index in [2.05, 4.69) is 15.0 Å². The minimum Gasteiger partial charge on any atom is -0.453 e. The first-order valence-corrected chi connectivity index (χ1v) is 13.7. The second-order valence-corrected chi connectivity index (χ2v) is 11.7. The molecule has 0 unspecified atom stereocenters. The molecule has 11 heteroatoms. The third kappa shape index (κ3) is 8.43. The number of rotatable bonds is 11. The van der Waals surface area contributed by atoms with Gasteiger partial charge in [-0.25, -0.2) is 13.6 Å². The van der Waals surface area contributed by atoms with Gasteiger partial charge in [0.15, 0.2) is 5.78 Å². The van der Waals surface area contributed by atoms with E-state index in [0.717, 1.165) is 6.07 Å². The van der Waals surface area contributed by atoms with Gasteiger partial charge in [-0.05, 0) is 36.8 Å². The van der Waals surface area contributed by atoms with Crippen LogP contribution in [0.2, 0.25) is 0 Å². The number of benzene rings is 1. The van der Waals surface area contributed by atoms with Gasteiger partial charge in [-0.2, -0.15) is 0 Å². The second-order valence-electron chi connectivity index (χ2n) is 11.7. The van der Waals surface area contributed by atoms with Crippen LogP contribution in [0.1, 0.15) is 50.3 Å². The SMILES string of the molecule is COC(=O)N[C@@H](CC/C=C/C(=O)N(C)C)C(=O)Cc1cccn(CC2=Nc3c(c(F)cc(F)c3CC(C)(C)C)C2)c1=O. The normalized spacial score (nSPS) is 13.5. The number of aromatic nitrogens is 1. The number of ketones is 1. The maximum atomic E-state index is 14.7. The van der Waals surface area contributed by atoms with Gasteiger partial charge in [0.25, 0.3) is 5.56 Å². The number of hydrogen-bond acceptors (Lipinski definition) is 6. The molecule has 1 aromatic heterocycles. The number of nitrogens with one attached hydrogen (secondary N) is 1. The molecule has 2 heterocycles. The van der Waals surface area contributed by atoms with E-state index in [1.54, 1.807) is 32.4 Å². The molecule has 2 aromatic rings. The Morgan fingerprint density at radius 2 is 1.93 bits per heavy atom. The highest BCUT2D eigenvalue weighted by molar-refractivity contribution is 5.94. The Kier molecular flexibility index (Phi) is 10.5. The molecule has 0 spiro atoms. The number of halogens is 2. The predicted molar refractivity (Wildman–Crippen MR) is 156 cm³/mol. The third-order valence-corrected chi connectivity index (χ3v) is 6.77. The van der Waals surface area contributed by atoms with Crippen molar-refractivity contribution in [2.75, 3.05) is 21.2 Å². The molecule has 1 aliphatic heterocycles. The Morgan fingerprint density at radius 3 is 2.57 bits per heavy atom. The van der Waals surface area contributed by atoms with Crippen molar-refractivity contribution in [2.24, 2.45) is 10.4 Å². The summed E-state index contributed by atoms with van der Waals surface area (Å²) in [7, 11) is 4.41. The number of fused-ring (bicyclic) bond motifs is 1. The van der Waals surface area contributed by atoms with Crippen molar-refractivity contribution in [2.45, 2.75) is 65.5 Å². The number of ether oxygens (including phenoxy) is 1. The fourth-order valence-electron chi connectivity index (χ4n) is 4.65. The maximum Gasteiger partial charge on any atom is 0.407 e. The van der Waals surface area contributed by atoms with E-state index in [9.17, 15) is 28.0 Å². The Balaban J connectivity index is 1.78. The molecule has 3 rings (SSSR count). The summed E-state index contributed by atoms with van der Waals surface area (Å²) >= 11 is 0. The van der Waals surface area contributed by atoms with E-state index in [4.69, 9.17) is 0 Å². The average Bonchev–Trinajstić information content (AvgIpc) is 3.34. The predicted octanol–water partition coefficient (Wildman–Crippen LogP) is 4.30. The molecule has 0 radical (unpaired) electrons. The fourth-order valence-corrected chi connectivity index (χ4v) is 4.65. The molecule has 2 amide bonds. The van der Waals surface area contributed by atoms with E-state index in [1.807, 2.05) is 20.8 Å². The van der Waals surface area contributed by atoms with Crippen LogP contribution in [0.4, 0.5) is 19.3 Å². The Hall–Kier alpha value is -4.15. The minimum absolute atomic E-state index is 0.0418. The summed E-state index contributed by atoms with van der Waals surface area (Å²) in [6.07, 6.45) is 4.53. The second kappa shape index (κ2) is 13.7. The first kappa shape index (κ1) is 32.4. The molecule has 0 fully saturated rings. The number of likely N-dealkylation sites (N-methyl/N-ethyl adjacent to an activating group) is 1. The van der Waals surface area contributed by atoms with E-state index in [1.165, 1.54) is 28.7 Å². The number of aliphatic imine (C=N–C) groups is 1. The van der Waals surface area contributed by atoms with Crippen molar-refractivity contribution in [1.29, 1.82) is 0 Å². The lowest BCUT2D eigenvalue weighted by Crippen LogP contribution is -2.42. The molecule has 1 aromatic carbocycles. The molecule has 0 saturated heterocycles. The van der Waals surface area contributed by atoms with Crippen LogP contribution in [0.3, 0.4) is 0 Å². The number of pyridine rings is 1. The smallest absolute Gasteiger partial charge is 0.407 e. The van der Waals surface area contributed by atoms with Gasteiger partial charge in [-0.1, -0.05) is 32.9 Å². The van der Waals surface area contributed by atoms with E-state index in [-0.39, 0.29) is 48.4 Å². The zero-order valence-electron chi connectivity index (χ0n) is 24.9. The van der Waals surface area contributed by atoms with Crippen LogP contribution in [0, 0.1) is 17.0 Å². The number of alkyl carbamates (subject to hydrolysis) is 1. The Bertz CT molecular complexity index is 1470. The monoisotopic (exact) mass is 584 g/mol. The van der Waals surface area contributed by atoms with Gasteiger partial charge in [0, 0.05) is 61.6 Å². The van der Waals surface area contributed by atoms with Crippen molar-refractivity contribution in [1.82, 2.24) is 14.8 Å². The summed E-state index contributed by atoms with van der Waals surface area (Å²) in [5, 5.41) is 2.50. The molecule has 0 bridgehead atoms. The van der Waals surface area contributed by atoms with Gasteiger partial charge in [-0.3, -0.25) is 19.4 Å². The molecule has 1 aliphatic rings. The molecule has 1 N–H and O–H groups in total. The van der Waals surface area contributed by atoms with Gasteiger partial charge in [0.2, 0.25) is 5.91 Å². The third-order valence-electron chi connectivity index (χ3n) is 6.77. The quantitative estimate of drug-likeness (QED) is 0.396. The zero-order valence-corrected chi connectivity index (χ0v) is 24.9. The topological polar surface area (TPSA) is 110 Å². The molecular formula is C31H38F2N4O5. The standard InChI is InChI=1S/C31H38F2N4O5/c1-31(2,3)17-22-24(33)16-23(32)21-15-20(34-28(21)22)18-37-13-9-10-19(29(37)40)14-26(38)25(35-30(41)42-6)11-7-8-12-27(39)36(4)5/h8-10,12-13,16,25H,7,11,14-15,17-18H2,1-6H3,(H,35,41)/b12-8+/t25-/m0/s1. The highest BCUT2D eigenvalue weighted by atomic mass is 19.1. The number of methoxy groups -OCH3 is 1. The molecule has 1 atom stereocenters. The van der Waals surface area contributed by atoms with Crippen molar-refractivity contribution in [3.05, 3.63) is 75.2 Å². The lowest BCUT2D eigenvalue weighted by molar-refractivity contribution is -0.123. The number of amides is 2. The van der Waals surface area contributed by atoms with Crippen LogP contribution < -0.4 is 10.9 Å². The molecule has 0 aliphatic carbocycles. The average molecular weight is 585 g/mol. The van der Waals surface area contributed by atoms with Crippen molar-refractivity contribution in [3.8, 4) is 0 Å². The highest BCUT2D eigenvalue weighted by Gasteiger charge is 2.28. The number of hydrogen-bond donors (Lipinski definition) is 1. The molecular weight excluding hydrogens is 546 g/mol. The van der Waals surface area contributed by atoms with Gasteiger partial charge in [-0.15, -0.1) is 0 Å². The largest absolute Gasteiger partial charge is 0.453 e. The lowest BCUT2D eigenvalue weighted by atomic mass is 9.86.